The third-order valence-corrected chi connectivity index (χ3v) is 7.04. The predicted molar refractivity (Wildman–Crippen MR) is 121 cm³/mol. The van der Waals surface area contributed by atoms with Crippen LogP contribution < -0.4 is 5.32 Å². The standard InChI is InChI=1S/C14H26N2O2.C9H12F2N3O/c1-2-3-8-15-9-4-14(5-10-15)6-11-16(12-7-14)13(17)18;1-8(10,11)4-6(13)7(15)14-9(5-12)2-3-9/h2-12H2,1H3,(H,17,18);6,13H,2-4H2,1H3,(H,14,15)/q;-1/t;6-/m.0/s1. The predicted octanol–water partition coefficient (Wildman–Crippen LogP) is 4.27. The molecule has 0 aromatic heterocycles. The molecule has 10 heteroatoms. The SMILES string of the molecule is CC(F)(F)C[C@H]([NH-])C(=O)NC1(C#N)CC1.CCCCN1CCC2(CC1)CCN(C(=O)O)CC2. The highest BCUT2D eigenvalue weighted by Crippen LogP contribution is 2.41. The molecule has 188 valence electrons. The first kappa shape index (κ1) is 27.3. The Morgan fingerprint density at radius 3 is 2.12 bits per heavy atom. The van der Waals surface area contributed by atoms with Crippen molar-refractivity contribution in [3.05, 3.63) is 5.73 Å². The molecule has 1 saturated carbocycles. The molecule has 3 aliphatic rings. The lowest BCUT2D eigenvalue weighted by Gasteiger charge is -2.46. The largest absolute Gasteiger partial charge is 0.667 e. The maximum atomic E-state index is 12.5. The first-order valence-corrected chi connectivity index (χ1v) is 12.0. The number of carbonyl (C=O) groups excluding carboxylic acids is 1. The van der Waals surface area contributed by atoms with Crippen molar-refractivity contribution in [2.24, 2.45) is 5.41 Å². The van der Waals surface area contributed by atoms with Gasteiger partial charge < -0.3 is 26.0 Å². The summed E-state index contributed by atoms with van der Waals surface area (Å²) in [5.74, 6) is -3.83. The fourth-order valence-corrected chi connectivity index (χ4v) is 4.47. The van der Waals surface area contributed by atoms with E-state index in [1.807, 2.05) is 6.07 Å². The van der Waals surface area contributed by atoms with Crippen molar-refractivity contribution in [2.75, 3.05) is 32.7 Å². The Bertz CT molecular complexity index is 700. The second-order valence-corrected chi connectivity index (χ2v) is 9.97. The molecule has 0 unspecified atom stereocenters. The van der Waals surface area contributed by atoms with Gasteiger partial charge in [0.05, 0.1) is 6.07 Å². The van der Waals surface area contributed by atoms with Crippen LogP contribution in [0.5, 0.6) is 0 Å². The molecule has 8 nitrogen and oxygen atoms in total. The lowest BCUT2D eigenvalue weighted by Crippen LogP contribution is -2.48. The number of likely N-dealkylation sites (tertiary alicyclic amines) is 2. The molecule has 1 atom stereocenters. The Morgan fingerprint density at radius 2 is 1.70 bits per heavy atom. The van der Waals surface area contributed by atoms with E-state index in [0.29, 0.717) is 25.2 Å². The number of nitrogens with one attached hydrogen (secondary N) is 2. The average Bonchev–Trinajstić information content (AvgIpc) is 3.53. The summed E-state index contributed by atoms with van der Waals surface area (Å²) in [5.41, 5.74) is 6.78. The Kier molecular flexibility index (Phi) is 9.44. The van der Waals surface area contributed by atoms with E-state index < -0.39 is 35.9 Å². The van der Waals surface area contributed by atoms with Crippen LogP contribution in [-0.2, 0) is 4.79 Å². The van der Waals surface area contributed by atoms with Crippen molar-refractivity contribution >= 4 is 12.0 Å². The third-order valence-electron chi connectivity index (χ3n) is 7.04. The molecule has 2 amide bonds. The topological polar surface area (TPSA) is 120 Å². The molecule has 0 aromatic rings. The number of unbranched alkanes of at least 4 members (excludes halogenated alkanes) is 1. The molecular formula is C23H38F2N5O3-. The summed E-state index contributed by atoms with van der Waals surface area (Å²) in [6.07, 6.45) is 6.76. The van der Waals surface area contributed by atoms with Gasteiger partial charge in [0.2, 0.25) is 11.8 Å². The zero-order valence-corrected chi connectivity index (χ0v) is 19.8. The van der Waals surface area contributed by atoms with Crippen molar-refractivity contribution in [3.8, 4) is 6.07 Å². The lowest BCUT2D eigenvalue weighted by molar-refractivity contribution is -0.124. The Labute approximate surface area is 195 Å². The molecule has 2 heterocycles. The van der Waals surface area contributed by atoms with Crippen LogP contribution in [0.4, 0.5) is 13.6 Å². The van der Waals surface area contributed by atoms with E-state index in [-0.39, 0.29) is 0 Å². The van der Waals surface area contributed by atoms with Crippen LogP contribution in [0.3, 0.4) is 0 Å². The number of halogens is 2. The van der Waals surface area contributed by atoms with E-state index in [0.717, 1.165) is 25.9 Å². The summed E-state index contributed by atoms with van der Waals surface area (Å²) in [6, 6.07) is 0.380. The minimum absolute atomic E-state index is 0.453. The second-order valence-electron chi connectivity index (χ2n) is 9.97. The minimum atomic E-state index is -3.03. The molecule has 2 aliphatic heterocycles. The summed E-state index contributed by atoms with van der Waals surface area (Å²) < 4.78 is 25.0. The van der Waals surface area contributed by atoms with Gasteiger partial charge in [-0.3, -0.25) is 4.79 Å². The summed E-state index contributed by atoms with van der Waals surface area (Å²) in [7, 11) is 0. The van der Waals surface area contributed by atoms with Crippen LogP contribution in [0, 0.1) is 16.7 Å². The van der Waals surface area contributed by atoms with Gasteiger partial charge in [-0.2, -0.15) is 5.26 Å². The van der Waals surface area contributed by atoms with Crippen LogP contribution in [0.25, 0.3) is 5.73 Å². The number of hydrogen-bond acceptors (Lipinski definition) is 4. The molecule has 0 bridgehead atoms. The lowest BCUT2D eigenvalue weighted by atomic mass is 9.71. The van der Waals surface area contributed by atoms with Gasteiger partial charge in [0, 0.05) is 19.5 Å². The van der Waals surface area contributed by atoms with Gasteiger partial charge in [0.15, 0.2) is 0 Å². The van der Waals surface area contributed by atoms with E-state index in [4.69, 9.17) is 16.1 Å². The number of hydrogen-bond donors (Lipinski definition) is 2. The summed E-state index contributed by atoms with van der Waals surface area (Å²) in [5, 5.41) is 19.9. The molecule has 3 N–H and O–H groups in total. The summed E-state index contributed by atoms with van der Waals surface area (Å²) >= 11 is 0. The smallest absolute Gasteiger partial charge is 0.407 e. The molecule has 33 heavy (non-hydrogen) atoms. The van der Waals surface area contributed by atoms with Crippen molar-refractivity contribution in [1.29, 1.82) is 5.26 Å². The van der Waals surface area contributed by atoms with Gasteiger partial charge >= 0.3 is 6.09 Å². The normalized spacial score (nSPS) is 22.5. The van der Waals surface area contributed by atoms with Crippen molar-refractivity contribution < 1.29 is 23.5 Å². The molecule has 3 fully saturated rings. The van der Waals surface area contributed by atoms with Gasteiger partial charge in [-0.25, -0.2) is 13.6 Å². The fraction of sp³-hybridized carbons (Fsp3) is 0.870. The highest BCUT2D eigenvalue weighted by atomic mass is 19.3. The Morgan fingerprint density at radius 1 is 1.15 bits per heavy atom. The van der Waals surface area contributed by atoms with Crippen LogP contribution >= 0.6 is 0 Å². The van der Waals surface area contributed by atoms with Crippen molar-refractivity contribution in [1.82, 2.24) is 15.1 Å². The van der Waals surface area contributed by atoms with Gasteiger partial charge in [-0.05, 0) is 76.9 Å². The van der Waals surface area contributed by atoms with Gasteiger partial charge in [-0.1, -0.05) is 19.4 Å². The monoisotopic (exact) mass is 470 g/mol. The average molecular weight is 471 g/mol. The van der Waals surface area contributed by atoms with Gasteiger partial charge in [0.25, 0.3) is 0 Å². The highest BCUT2D eigenvalue weighted by Gasteiger charge is 2.45. The van der Waals surface area contributed by atoms with Crippen LogP contribution in [0.15, 0.2) is 0 Å². The van der Waals surface area contributed by atoms with E-state index in [9.17, 15) is 18.4 Å². The second kappa shape index (κ2) is 11.4. The van der Waals surface area contributed by atoms with E-state index in [1.54, 1.807) is 4.90 Å². The first-order chi connectivity index (χ1) is 15.4. The van der Waals surface area contributed by atoms with Crippen LogP contribution in [0.2, 0.25) is 0 Å². The number of carbonyl (C=O) groups is 2. The summed E-state index contributed by atoms with van der Waals surface area (Å²) in [4.78, 5) is 26.3. The number of amides is 2. The number of rotatable bonds is 7. The molecule has 3 rings (SSSR count). The number of carboxylic acid groups (broad SMARTS) is 1. The highest BCUT2D eigenvalue weighted by molar-refractivity contribution is 5.84. The molecule has 1 aliphatic carbocycles. The molecule has 0 aromatic carbocycles. The molecule has 1 spiro atoms. The van der Waals surface area contributed by atoms with Crippen molar-refractivity contribution in [3.63, 3.8) is 0 Å². The first-order valence-electron chi connectivity index (χ1n) is 12.0. The number of nitriles is 1. The van der Waals surface area contributed by atoms with Crippen molar-refractivity contribution in [2.45, 2.75) is 89.1 Å². The quantitative estimate of drug-likeness (QED) is 0.576. The minimum Gasteiger partial charge on any atom is -0.667 e. The summed E-state index contributed by atoms with van der Waals surface area (Å²) in [6.45, 7) is 8.06. The fourth-order valence-electron chi connectivity index (χ4n) is 4.47. The molecular weight excluding hydrogens is 432 g/mol. The molecule has 0 radical (unpaired) electrons. The zero-order valence-electron chi connectivity index (χ0n) is 19.8. The maximum absolute atomic E-state index is 12.5. The Balaban J connectivity index is 0.000000238. The zero-order chi connectivity index (χ0) is 24.7. The maximum Gasteiger partial charge on any atom is 0.407 e. The van der Waals surface area contributed by atoms with E-state index in [1.165, 1.54) is 45.3 Å². The van der Waals surface area contributed by atoms with E-state index in [2.05, 4.69) is 17.1 Å². The number of piperidine rings is 2. The molecule has 2 saturated heterocycles. The van der Waals surface area contributed by atoms with E-state index >= 15 is 0 Å². The van der Waals surface area contributed by atoms with Gasteiger partial charge in [-0.15, -0.1) is 0 Å². The number of alkyl halides is 2. The Hall–Kier alpha value is -1.99. The number of nitrogens with zero attached hydrogens (tertiary/aromatic N) is 3. The van der Waals surface area contributed by atoms with Crippen LogP contribution in [-0.4, -0.2) is 77.1 Å². The van der Waals surface area contributed by atoms with Gasteiger partial charge in [0.1, 0.15) is 5.54 Å². The van der Waals surface area contributed by atoms with Crippen LogP contribution in [0.1, 0.15) is 71.6 Å². The third kappa shape index (κ3) is 8.70.